The average molecular weight is 221 g/mol. The summed E-state index contributed by atoms with van der Waals surface area (Å²) in [5.74, 6) is 0. The third kappa shape index (κ3) is 2.66. The molecule has 0 amide bonds. The molecule has 0 aromatic heterocycles. The largest absolute Gasteiger partial charge is 0.330 e. The van der Waals surface area contributed by atoms with Crippen LogP contribution in [-0.4, -0.2) is 38.9 Å². The maximum absolute atomic E-state index is 11.6. The lowest BCUT2D eigenvalue weighted by Crippen LogP contribution is -2.48. The van der Waals surface area contributed by atoms with E-state index in [-0.39, 0.29) is 6.04 Å². The van der Waals surface area contributed by atoms with E-state index in [1.807, 2.05) is 0 Å². The molecule has 1 fully saturated rings. The molecule has 1 rings (SSSR count). The van der Waals surface area contributed by atoms with E-state index in [0.717, 1.165) is 25.7 Å². The highest BCUT2D eigenvalue weighted by molar-refractivity contribution is 7.87. The summed E-state index contributed by atoms with van der Waals surface area (Å²) in [7, 11) is -1.82. The summed E-state index contributed by atoms with van der Waals surface area (Å²) in [6.07, 6.45) is 3.72. The van der Waals surface area contributed by atoms with Crippen LogP contribution in [0.3, 0.4) is 0 Å². The molecule has 5 nitrogen and oxygen atoms in total. The normalized spacial score (nSPS) is 25.1. The Morgan fingerprint density at radius 2 is 2.21 bits per heavy atom. The lowest BCUT2D eigenvalue weighted by atomic mass is 10.0. The van der Waals surface area contributed by atoms with Crippen molar-refractivity contribution in [1.82, 2.24) is 9.03 Å². The van der Waals surface area contributed by atoms with Crippen LogP contribution in [0.1, 0.15) is 25.7 Å². The highest BCUT2D eigenvalue weighted by Gasteiger charge is 2.30. The van der Waals surface area contributed by atoms with Crippen molar-refractivity contribution in [2.45, 2.75) is 31.7 Å². The van der Waals surface area contributed by atoms with Crippen LogP contribution in [0.15, 0.2) is 0 Å². The van der Waals surface area contributed by atoms with Crippen molar-refractivity contribution in [2.24, 2.45) is 5.73 Å². The number of nitrogens with one attached hydrogen (secondary N) is 1. The second kappa shape index (κ2) is 5.06. The van der Waals surface area contributed by atoms with Gasteiger partial charge in [0.05, 0.1) is 0 Å². The van der Waals surface area contributed by atoms with Crippen molar-refractivity contribution in [3.05, 3.63) is 0 Å². The molecule has 0 aromatic carbocycles. The molecule has 0 bridgehead atoms. The van der Waals surface area contributed by atoms with Gasteiger partial charge in [0.2, 0.25) is 0 Å². The van der Waals surface area contributed by atoms with Gasteiger partial charge in [-0.05, 0) is 25.8 Å². The molecule has 1 heterocycles. The zero-order valence-electron chi connectivity index (χ0n) is 8.57. The SMILES string of the molecule is CNS(=O)(=O)N1CCCCC1CCN. The average Bonchev–Trinajstić information content (AvgIpc) is 2.19. The zero-order valence-corrected chi connectivity index (χ0v) is 9.39. The Balaban J connectivity index is 2.72. The molecule has 1 atom stereocenters. The summed E-state index contributed by atoms with van der Waals surface area (Å²) in [6, 6.07) is 0.0891. The third-order valence-corrected chi connectivity index (χ3v) is 4.25. The van der Waals surface area contributed by atoms with Crippen molar-refractivity contribution < 1.29 is 8.42 Å². The highest BCUT2D eigenvalue weighted by atomic mass is 32.2. The number of nitrogens with two attached hydrogens (primary N) is 1. The molecule has 1 saturated heterocycles. The standard InChI is InChI=1S/C8H19N3O2S/c1-10-14(12,13)11-7-3-2-4-8(11)5-6-9/h8,10H,2-7,9H2,1H3. The first kappa shape index (κ1) is 11.9. The van der Waals surface area contributed by atoms with E-state index >= 15 is 0 Å². The third-order valence-electron chi connectivity index (χ3n) is 2.64. The Bertz CT molecular complexity index is 264. The van der Waals surface area contributed by atoms with Gasteiger partial charge < -0.3 is 5.73 Å². The molecular weight excluding hydrogens is 202 g/mol. The quantitative estimate of drug-likeness (QED) is 0.681. The predicted octanol–water partition coefficient (Wildman–Crippen LogP) is -0.346. The first-order valence-corrected chi connectivity index (χ1v) is 6.46. The van der Waals surface area contributed by atoms with E-state index in [0.29, 0.717) is 13.1 Å². The zero-order chi connectivity index (χ0) is 10.6. The topological polar surface area (TPSA) is 75.4 Å². The number of hydrogen-bond donors (Lipinski definition) is 2. The second-order valence-electron chi connectivity index (χ2n) is 3.55. The van der Waals surface area contributed by atoms with Crippen LogP contribution in [0.4, 0.5) is 0 Å². The lowest BCUT2D eigenvalue weighted by Gasteiger charge is -2.33. The Morgan fingerprint density at radius 1 is 1.50 bits per heavy atom. The van der Waals surface area contributed by atoms with E-state index in [1.165, 1.54) is 7.05 Å². The van der Waals surface area contributed by atoms with Gasteiger partial charge in [0.25, 0.3) is 10.2 Å². The van der Waals surface area contributed by atoms with Gasteiger partial charge in [-0.25, -0.2) is 4.72 Å². The minimum Gasteiger partial charge on any atom is -0.330 e. The van der Waals surface area contributed by atoms with Gasteiger partial charge in [0, 0.05) is 19.6 Å². The lowest BCUT2D eigenvalue weighted by molar-refractivity contribution is 0.241. The molecule has 0 radical (unpaired) electrons. The molecule has 1 aliphatic heterocycles. The monoisotopic (exact) mass is 221 g/mol. The van der Waals surface area contributed by atoms with Gasteiger partial charge in [-0.2, -0.15) is 12.7 Å². The first-order valence-electron chi connectivity index (χ1n) is 5.02. The Labute approximate surface area is 85.8 Å². The Morgan fingerprint density at radius 3 is 2.79 bits per heavy atom. The molecule has 1 unspecified atom stereocenters. The van der Waals surface area contributed by atoms with Crippen LogP contribution in [0.2, 0.25) is 0 Å². The van der Waals surface area contributed by atoms with E-state index in [9.17, 15) is 8.42 Å². The summed E-state index contributed by atoms with van der Waals surface area (Å²) in [4.78, 5) is 0. The highest BCUT2D eigenvalue weighted by Crippen LogP contribution is 2.21. The molecule has 0 aliphatic carbocycles. The molecule has 6 heteroatoms. The molecule has 1 aliphatic rings. The van der Waals surface area contributed by atoms with Gasteiger partial charge in [-0.15, -0.1) is 0 Å². The molecular formula is C8H19N3O2S. The van der Waals surface area contributed by atoms with Crippen LogP contribution in [0.25, 0.3) is 0 Å². The van der Waals surface area contributed by atoms with E-state index in [4.69, 9.17) is 5.73 Å². The maximum Gasteiger partial charge on any atom is 0.279 e. The first-order chi connectivity index (χ1) is 6.61. The van der Waals surface area contributed by atoms with Gasteiger partial charge in [-0.1, -0.05) is 6.42 Å². The molecule has 14 heavy (non-hydrogen) atoms. The van der Waals surface area contributed by atoms with Crippen molar-refractivity contribution in [3.63, 3.8) is 0 Å². The van der Waals surface area contributed by atoms with Crippen LogP contribution in [0, 0.1) is 0 Å². The molecule has 84 valence electrons. The fraction of sp³-hybridized carbons (Fsp3) is 1.00. The van der Waals surface area contributed by atoms with Crippen LogP contribution >= 0.6 is 0 Å². The minimum absolute atomic E-state index is 0.0891. The van der Waals surface area contributed by atoms with E-state index in [1.54, 1.807) is 4.31 Å². The molecule has 0 saturated carbocycles. The summed E-state index contributed by atoms with van der Waals surface area (Å²) in [5, 5.41) is 0. The van der Waals surface area contributed by atoms with E-state index < -0.39 is 10.2 Å². The van der Waals surface area contributed by atoms with Gasteiger partial charge in [0.1, 0.15) is 0 Å². The number of nitrogens with zero attached hydrogens (tertiary/aromatic N) is 1. The molecule has 0 spiro atoms. The number of rotatable bonds is 4. The Kier molecular flexibility index (Phi) is 4.31. The second-order valence-corrected chi connectivity index (χ2v) is 5.37. The van der Waals surface area contributed by atoms with Crippen molar-refractivity contribution in [1.29, 1.82) is 0 Å². The number of piperidine rings is 1. The fourth-order valence-corrected chi connectivity index (χ4v) is 3.10. The summed E-state index contributed by atoms with van der Waals surface area (Å²) in [5.41, 5.74) is 5.46. The maximum atomic E-state index is 11.6. The van der Waals surface area contributed by atoms with E-state index in [2.05, 4.69) is 4.72 Å². The minimum atomic E-state index is -3.26. The van der Waals surface area contributed by atoms with Crippen LogP contribution in [0.5, 0.6) is 0 Å². The van der Waals surface area contributed by atoms with Crippen molar-refractivity contribution >= 4 is 10.2 Å². The van der Waals surface area contributed by atoms with Crippen LogP contribution in [-0.2, 0) is 10.2 Å². The fourth-order valence-electron chi connectivity index (χ4n) is 1.89. The van der Waals surface area contributed by atoms with Gasteiger partial charge in [0.15, 0.2) is 0 Å². The summed E-state index contributed by atoms with van der Waals surface area (Å²) in [6.45, 7) is 1.16. The summed E-state index contributed by atoms with van der Waals surface area (Å²) < 4.78 is 27.1. The number of hydrogen-bond acceptors (Lipinski definition) is 3. The van der Waals surface area contributed by atoms with Crippen molar-refractivity contribution in [3.8, 4) is 0 Å². The summed E-state index contributed by atoms with van der Waals surface area (Å²) >= 11 is 0. The van der Waals surface area contributed by atoms with Crippen LogP contribution < -0.4 is 10.5 Å². The smallest absolute Gasteiger partial charge is 0.279 e. The van der Waals surface area contributed by atoms with Crippen molar-refractivity contribution in [2.75, 3.05) is 20.1 Å². The van der Waals surface area contributed by atoms with Gasteiger partial charge >= 0.3 is 0 Å². The van der Waals surface area contributed by atoms with Gasteiger partial charge in [-0.3, -0.25) is 0 Å². The Hall–Kier alpha value is -0.170. The predicted molar refractivity (Wildman–Crippen MR) is 56.0 cm³/mol. The molecule has 0 aromatic rings. The molecule has 3 N–H and O–H groups in total.